The average Bonchev–Trinajstić information content (AvgIpc) is 3.30. The molecule has 276 valence electrons. The molecule has 0 saturated carbocycles. The van der Waals surface area contributed by atoms with E-state index in [-0.39, 0.29) is 0 Å². The van der Waals surface area contributed by atoms with Crippen LogP contribution in [0.25, 0.3) is 0 Å². The number of phosphoric ester groups is 1. The van der Waals surface area contributed by atoms with Gasteiger partial charge in [0.2, 0.25) is 0 Å². The first kappa shape index (κ1) is 39.1. The number of phosphoric acid groups is 1. The lowest BCUT2D eigenvalue weighted by Crippen LogP contribution is -2.67. The Morgan fingerprint density at radius 1 is 0.468 bits per heavy atom. The Hall–Kier alpha value is -0.650. The Balaban J connectivity index is 1.62. The summed E-state index contributed by atoms with van der Waals surface area (Å²) in [5, 5.41) is 123. The third-order valence-electron chi connectivity index (χ3n) is 8.08. The molecule has 4 aliphatic heterocycles. The van der Waals surface area contributed by atoms with Gasteiger partial charge in [-0.05, 0) is 0 Å². The molecule has 4 fully saturated rings. The van der Waals surface area contributed by atoms with Crippen molar-refractivity contribution in [3.63, 3.8) is 0 Å². The highest BCUT2D eigenvalue weighted by molar-refractivity contribution is 7.46. The number of aliphatic hydroxyl groups excluding tert-OH is 12. The molecular weight excluding hydrogens is 675 g/mol. The predicted octanol–water partition coefficient (Wildman–Crippen LogP) is -8.99. The fourth-order valence-electron chi connectivity index (χ4n) is 5.47. The van der Waals surface area contributed by atoms with Gasteiger partial charge in [-0.1, -0.05) is 0 Å². The van der Waals surface area contributed by atoms with Crippen molar-refractivity contribution >= 4 is 7.82 Å². The van der Waals surface area contributed by atoms with E-state index in [4.69, 9.17) is 33.2 Å². The molecule has 0 amide bonds. The van der Waals surface area contributed by atoms with Crippen LogP contribution in [-0.4, -0.2) is 214 Å². The van der Waals surface area contributed by atoms with Gasteiger partial charge in [0.25, 0.3) is 0 Å². The fraction of sp³-hybridized carbons (Fsp3) is 1.00. The van der Waals surface area contributed by atoms with Gasteiger partial charge < -0.3 is 104 Å². The maximum absolute atomic E-state index is 11.4. The second kappa shape index (κ2) is 16.1. The van der Waals surface area contributed by atoms with Crippen LogP contribution < -0.4 is 0 Å². The molecule has 0 unspecified atom stereocenters. The van der Waals surface area contributed by atoms with E-state index in [2.05, 4.69) is 4.52 Å². The topological polar surface area (TPSA) is 374 Å². The molecule has 0 radical (unpaired) electrons. The third-order valence-corrected chi connectivity index (χ3v) is 8.57. The molecule has 0 aromatic rings. The summed E-state index contributed by atoms with van der Waals surface area (Å²) in [5.74, 6) is 0. The first-order chi connectivity index (χ1) is 22.0. The molecule has 0 aromatic carbocycles. The van der Waals surface area contributed by atoms with Crippen molar-refractivity contribution in [2.75, 3.05) is 26.4 Å². The van der Waals surface area contributed by atoms with E-state index in [1.165, 1.54) is 0 Å². The zero-order chi connectivity index (χ0) is 35.0. The molecule has 19 atom stereocenters. The normalized spacial score (nSPS) is 49.7. The van der Waals surface area contributed by atoms with Gasteiger partial charge in [-0.15, -0.1) is 0 Å². The average molecular weight is 717 g/mol. The van der Waals surface area contributed by atoms with Crippen LogP contribution in [0, 0.1) is 0 Å². The Labute approximate surface area is 264 Å². The zero-order valence-corrected chi connectivity index (χ0v) is 25.1. The number of aliphatic hydroxyl groups is 12. The van der Waals surface area contributed by atoms with Crippen LogP contribution in [0.15, 0.2) is 0 Å². The maximum Gasteiger partial charge on any atom is 0.469 e. The minimum Gasteiger partial charge on any atom is -0.394 e. The largest absolute Gasteiger partial charge is 0.469 e. The van der Waals surface area contributed by atoms with Gasteiger partial charge in [-0.3, -0.25) is 4.52 Å². The minimum absolute atomic E-state index is 0.759. The van der Waals surface area contributed by atoms with Crippen LogP contribution >= 0.6 is 7.82 Å². The molecule has 4 heterocycles. The molecule has 47 heavy (non-hydrogen) atoms. The molecule has 0 aliphatic carbocycles. The highest BCUT2D eigenvalue weighted by Gasteiger charge is 2.55. The molecular formula is C23H41O23P. The van der Waals surface area contributed by atoms with Crippen molar-refractivity contribution in [3.05, 3.63) is 0 Å². The molecule has 0 bridgehead atoms. The lowest BCUT2D eigenvalue weighted by atomic mass is 9.96. The van der Waals surface area contributed by atoms with Gasteiger partial charge >= 0.3 is 7.82 Å². The van der Waals surface area contributed by atoms with Gasteiger partial charge in [-0.25, -0.2) is 4.57 Å². The first-order valence-corrected chi connectivity index (χ1v) is 15.8. The van der Waals surface area contributed by atoms with Crippen LogP contribution in [-0.2, 0) is 42.2 Å². The Bertz CT molecular complexity index is 1030. The van der Waals surface area contributed by atoms with Gasteiger partial charge in [-0.2, -0.15) is 0 Å². The maximum atomic E-state index is 11.4. The van der Waals surface area contributed by atoms with Crippen LogP contribution in [0.1, 0.15) is 0 Å². The zero-order valence-electron chi connectivity index (χ0n) is 24.2. The minimum atomic E-state index is -5.19. The number of ether oxygens (including phenoxy) is 7. The van der Waals surface area contributed by atoms with Gasteiger partial charge in [0.1, 0.15) is 91.6 Å². The molecule has 23 nitrogen and oxygen atoms in total. The summed E-state index contributed by atoms with van der Waals surface area (Å²) in [6.07, 6.45) is -35.3. The van der Waals surface area contributed by atoms with E-state index in [0.717, 1.165) is 0 Å². The van der Waals surface area contributed by atoms with Crippen LogP contribution in [0.3, 0.4) is 0 Å². The quantitative estimate of drug-likeness (QED) is 0.0833. The first-order valence-electron chi connectivity index (χ1n) is 14.3. The van der Waals surface area contributed by atoms with Crippen molar-refractivity contribution in [2.24, 2.45) is 0 Å². The van der Waals surface area contributed by atoms with E-state index in [9.17, 15) is 75.6 Å². The summed E-state index contributed by atoms with van der Waals surface area (Å²) in [6, 6.07) is 0. The highest BCUT2D eigenvalue weighted by Crippen LogP contribution is 2.39. The summed E-state index contributed by atoms with van der Waals surface area (Å²) in [5.41, 5.74) is 0. The Morgan fingerprint density at radius 3 is 1.51 bits per heavy atom. The third kappa shape index (κ3) is 8.63. The fourth-order valence-corrected chi connectivity index (χ4v) is 5.81. The van der Waals surface area contributed by atoms with E-state index >= 15 is 0 Å². The lowest BCUT2D eigenvalue weighted by molar-refractivity contribution is -0.387. The lowest BCUT2D eigenvalue weighted by Gasteiger charge is -2.48. The summed E-state index contributed by atoms with van der Waals surface area (Å²) in [4.78, 5) is 18.4. The predicted molar refractivity (Wildman–Crippen MR) is 139 cm³/mol. The van der Waals surface area contributed by atoms with Crippen molar-refractivity contribution in [3.8, 4) is 0 Å². The van der Waals surface area contributed by atoms with Crippen LogP contribution in [0.4, 0.5) is 0 Å². The number of hydrogen-bond acceptors (Lipinski definition) is 21. The van der Waals surface area contributed by atoms with Gasteiger partial charge in [0.15, 0.2) is 25.2 Å². The van der Waals surface area contributed by atoms with E-state index in [1.807, 2.05) is 0 Å². The monoisotopic (exact) mass is 716 g/mol. The molecule has 4 saturated heterocycles. The van der Waals surface area contributed by atoms with E-state index in [0.29, 0.717) is 0 Å². The van der Waals surface area contributed by atoms with E-state index < -0.39 is 151 Å². The van der Waals surface area contributed by atoms with E-state index in [1.54, 1.807) is 0 Å². The summed E-state index contributed by atoms with van der Waals surface area (Å²) in [6.45, 7) is -3.66. The van der Waals surface area contributed by atoms with Crippen molar-refractivity contribution < 1.29 is 113 Å². The molecule has 0 aromatic heterocycles. The number of hydrogen-bond donors (Lipinski definition) is 14. The second-order valence-corrected chi connectivity index (χ2v) is 12.5. The smallest absolute Gasteiger partial charge is 0.394 e. The Kier molecular flexibility index (Phi) is 13.4. The SMILES string of the molecule is O=P(O)(O)OC[C@H]1O[C@@H](O[C@H]2[C@H](O)[C@H](O)[C@@H](O)O[C@@H]2CO)[C@H](O)[C@@H](O[C@@H]2O[C@H](CO)[C@H](O)[C@H](O)[C@H]2O[C@@H]2O[C@@H](CO)[C@H](O)[C@H]2O)[C@H]1O. The summed E-state index contributed by atoms with van der Waals surface area (Å²) < 4.78 is 53.8. The standard InChI is InChI=1S/C23H41O23P/c24-1-5-9(27)12(30)19(46-21-15(33)10(28)6(2-25)41-21)23(42-5)45-18-11(29)8(4-39-47(36,37)38)43-22(16(18)34)44-17-7(3-26)40-20(35)14(32)13(17)31/h5-35H,1-4H2,(H2,36,37,38)/t5-,6+,7-,8-,9+,10+,11+,12+,13-,14+,15-,16-,17-,18+,19-,20+,21+,22+,23+/m1/s1. The number of rotatable bonds is 12. The van der Waals surface area contributed by atoms with Gasteiger partial charge in [0, 0.05) is 0 Å². The molecule has 14 N–H and O–H groups in total. The van der Waals surface area contributed by atoms with Gasteiger partial charge in [0.05, 0.1) is 26.4 Å². The molecule has 4 aliphatic rings. The van der Waals surface area contributed by atoms with Crippen LogP contribution in [0.2, 0.25) is 0 Å². The highest BCUT2D eigenvalue weighted by atomic mass is 31.2. The molecule has 0 spiro atoms. The Morgan fingerprint density at radius 2 is 0.936 bits per heavy atom. The summed E-state index contributed by atoms with van der Waals surface area (Å²) >= 11 is 0. The molecule has 4 rings (SSSR count). The summed E-state index contributed by atoms with van der Waals surface area (Å²) in [7, 11) is -5.19. The van der Waals surface area contributed by atoms with Crippen molar-refractivity contribution in [1.82, 2.24) is 0 Å². The van der Waals surface area contributed by atoms with Crippen molar-refractivity contribution in [2.45, 2.75) is 117 Å². The van der Waals surface area contributed by atoms with Crippen molar-refractivity contribution in [1.29, 1.82) is 0 Å². The molecule has 24 heteroatoms. The second-order valence-electron chi connectivity index (χ2n) is 11.3. The van der Waals surface area contributed by atoms with Crippen LogP contribution in [0.5, 0.6) is 0 Å².